The molecule has 0 atom stereocenters. The molecule has 1 aliphatic rings. The molecule has 0 radical (unpaired) electrons. The Labute approximate surface area is 84.2 Å². The molecule has 15 heavy (non-hydrogen) atoms. The molecule has 80 valence electrons. The third-order valence-corrected chi connectivity index (χ3v) is 2.68. The summed E-state index contributed by atoms with van der Waals surface area (Å²) in [6.45, 7) is 0. The number of carbonyl (C=O) groups is 1. The van der Waals surface area contributed by atoms with Crippen LogP contribution in [0.3, 0.4) is 0 Å². The Hall–Kier alpha value is -1.85. The van der Waals surface area contributed by atoms with Crippen LogP contribution in [0, 0.1) is 0 Å². The third-order valence-electron chi connectivity index (χ3n) is 2.68. The van der Waals surface area contributed by atoms with E-state index >= 15 is 0 Å². The Bertz CT molecular complexity index is 510. The van der Waals surface area contributed by atoms with Crippen molar-refractivity contribution in [2.75, 3.05) is 0 Å². The van der Waals surface area contributed by atoms with Crippen LogP contribution < -0.4 is 11.2 Å². The standard InChI is InChI=1S/C9H10N2O4/c12-7-6(8(13)14)4-10-9(15)11(7)5-2-1-3-5/h4-5H,1-3H2,(H,10,15)(H,13,14). The van der Waals surface area contributed by atoms with Crippen LogP contribution in [0.5, 0.6) is 0 Å². The van der Waals surface area contributed by atoms with Gasteiger partial charge in [0.1, 0.15) is 5.56 Å². The number of aromatic nitrogens is 2. The molecule has 0 unspecified atom stereocenters. The van der Waals surface area contributed by atoms with Crippen molar-refractivity contribution in [3.05, 3.63) is 32.6 Å². The fourth-order valence-corrected chi connectivity index (χ4v) is 1.62. The predicted molar refractivity (Wildman–Crippen MR) is 51.2 cm³/mol. The first kappa shape index (κ1) is 9.70. The van der Waals surface area contributed by atoms with E-state index < -0.39 is 17.2 Å². The molecule has 1 aromatic rings. The number of aromatic amines is 1. The zero-order valence-electron chi connectivity index (χ0n) is 7.90. The van der Waals surface area contributed by atoms with E-state index in [2.05, 4.69) is 4.98 Å². The Morgan fingerprint density at radius 3 is 2.60 bits per heavy atom. The average Bonchev–Trinajstić information content (AvgIpc) is 2.08. The minimum absolute atomic E-state index is 0.138. The molecule has 2 rings (SSSR count). The van der Waals surface area contributed by atoms with Crippen LogP contribution in [-0.2, 0) is 0 Å². The highest BCUT2D eigenvalue weighted by molar-refractivity contribution is 5.86. The van der Waals surface area contributed by atoms with Crippen LogP contribution in [0.25, 0.3) is 0 Å². The van der Waals surface area contributed by atoms with Gasteiger partial charge in [-0.15, -0.1) is 0 Å². The Morgan fingerprint density at radius 1 is 1.47 bits per heavy atom. The molecule has 0 spiro atoms. The first-order chi connectivity index (χ1) is 7.11. The first-order valence-corrected chi connectivity index (χ1v) is 4.69. The Kier molecular flexibility index (Phi) is 2.18. The van der Waals surface area contributed by atoms with Crippen molar-refractivity contribution >= 4 is 5.97 Å². The molecule has 6 heteroatoms. The van der Waals surface area contributed by atoms with Crippen LogP contribution in [0.4, 0.5) is 0 Å². The zero-order chi connectivity index (χ0) is 11.0. The predicted octanol–water partition coefficient (Wildman–Crippen LogP) is -0.0402. The van der Waals surface area contributed by atoms with E-state index in [1.165, 1.54) is 0 Å². The minimum Gasteiger partial charge on any atom is -0.477 e. The highest BCUT2D eigenvalue weighted by Crippen LogP contribution is 2.28. The largest absolute Gasteiger partial charge is 0.477 e. The lowest BCUT2D eigenvalue weighted by Crippen LogP contribution is -2.42. The second kappa shape index (κ2) is 3.38. The van der Waals surface area contributed by atoms with E-state index in [-0.39, 0.29) is 11.6 Å². The molecule has 1 fully saturated rings. The normalized spacial score (nSPS) is 16.0. The summed E-state index contributed by atoms with van der Waals surface area (Å²) in [5.74, 6) is -1.32. The summed E-state index contributed by atoms with van der Waals surface area (Å²) >= 11 is 0. The molecule has 2 N–H and O–H groups in total. The molecule has 6 nitrogen and oxygen atoms in total. The summed E-state index contributed by atoms with van der Waals surface area (Å²) in [4.78, 5) is 35.9. The number of nitrogens with zero attached hydrogens (tertiary/aromatic N) is 1. The van der Waals surface area contributed by atoms with Crippen molar-refractivity contribution in [1.82, 2.24) is 9.55 Å². The van der Waals surface area contributed by atoms with Gasteiger partial charge in [0, 0.05) is 12.2 Å². The van der Waals surface area contributed by atoms with Gasteiger partial charge >= 0.3 is 11.7 Å². The van der Waals surface area contributed by atoms with E-state index in [0.29, 0.717) is 0 Å². The van der Waals surface area contributed by atoms with Gasteiger partial charge in [-0.2, -0.15) is 0 Å². The van der Waals surface area contributed by atoms with E-state index in [9.17, 15) is 14.4 Å². The highest BCUT2D eigenvalue weighted by Gasteiger charge is 2.24. The maximum Gasteiger partial charge on any atom is 0.342 e. The van der Waals surface area contributed by atoms with Crippen molar-refractivity contribution in [2.45, 2.75) is 25.3 Å². The molecular weight excluding hydrogens is 200 g/mol. The quantitative estimate of drug-likeness (QED) is 0.716. The van der Waals surface area contributed by atoms with E-state index in [1.807, 2.05) is 0 Å². The maximum atomic E-state index is 11.6. The summed E-state index contributed by atoms with van der Waals surface area (Å²) in [6, 6.07) is -0.138. The number of hydrogen-bond acceptors (Lipinski definition) is 3. The van der Waals surface area contributed by atoms with Gasteiger partial charge in [0.2, 0.25) is 0 Å². The average molecular weight is 210 g/mol. The van der Waals surface area contributed by atoms with Crippen molar-refractivity contribution in [1.29, 1.82) is 0 Å². The number of carboxylic acids is 1. The molecule has 0 aromatic carbocycles. The molecule has 1 saturated carbocycles. The van der Waals surface area contributed by atoms with Gasteiger partial charge in [0.05, 0.1) is 0 Å². The van der Waals surface area contributed by atoms with E-state index in [0.717, 1.165) is 30.0 Å². The van der Waals surface area contributed by atoms with Crippen LogP contribution in [0.1, 0.15) is 35.7 Å². The van der Waals surface area contributed by atoms with Crippen LogP contribution >= 0.6 is 0 Å². The third kappa shape index (κ3) is 1.47. The SMILES string of the molecule is O=C(O)c1c[nH]c(=O)n(C2CCC2)c1=O. The van der Waals surface area contributed by atoms with Gasteiger partial charge < -0.3 is 10.1 Å². The van der Waals surface area contributed by atoms with Gasteiger partial charge in [-0.3, -0.25) is 9.36 Å². The Morgan fingerprint density at radius 2 is 2.13 bits per heavy atom. The summed E-state index contributed by atoms with van der Waals surface area (Å²) < 4.78 is 1.01. The molecule has 0 saturated heterocycles. The molecule has 0 amide bonds. The van der Waals surface area contributed by atoms with Crippen LogP contribution in [-0.4, -0.2) is 20.6 Å². The fourth-order valence-electron chi connectivity index (χ4n) is 1.62. The minimum atomic E-state index is -1.32. The molecule has 1 aromatic heterocycles. The van der Waals surface area contributed by atoms with Crippen LogP contribution in [0.15, 0.2) is 15.8 Å². The fraction of sp³-hybridized carbons (Fsp3) is 0.444. The molecular formula is C9H10N2O4. The monoisotopic (exact) mass is 210 g/mol. The van der Waals surface area contributed by atoms with E-state index in [1.54, 1.807) is 0 Å². The molecule has 1 heterocycles. The Balaban J connectivity index is 2.61. The lowest BCUT2D eigenvalue weighted by atomic mass is 9.93. The van der Waals surface area contributed by atoms with Crippen LogP contribution in [0.2, 0.25) is 0 Å². The zero-order valence-corrected chi connectivity index (χ0v) is 7.90. The van der Waals surface area contributed by atoms with Gasteiger partial charge in [-0.1, -0.05) is 0 Å². The van der Waals surface area contributed by atoms with Crippen molar-refractivity contribution < 1.29 is 9.90 Å². The summed E-state index contributed by atoms with van der Waals surface area (Å²) in [6.07, 6.45) is 3.42. The second-order valence-corrected chi connectivity index (χ2v) is 3.57. The lowest BCUT2D eigenvalue weighted by Gasteiger charge is -2.26. The number of aromatic carboxylic acids is 1. The van der Waals surface area contributed by atoms with Gasteiger partial charge in [0.15, 0.2) is 0 Å². The lowest BCUT2D eigenvalue weighted by molar-refractivity contribution is 0.0692. The number of nitrogens with one attached hydrogen (secondary N) is 1. The summed E-state index contributed by atoms with van der Waals surface area (Å²) in [5, 5.41) is 8.72. The summed E-state index contributed by atoms with van der Waals surface area (Å²) in [5.41, 5.74) is -1.63. The number of carboxylic acid groups (broad SMARTS) is 1. The smallest absolute Gasteiger partial charge is 0.342 e. The summed E-state index contributed by atoms with van der Waals surface area (Å²) in [7, 11) is 0. The maximum absolute atomic E-state index is 11.6. The van der Waals surface area contributed by atoms with Crippen molar-refractivity contribution in [3.8, 4) is 0 Å². The topological polar surface area (TPSA) is 92.2 Å². The molecule has 1 aliphatic carbocycles. The molecule has 0 aliphatic heterocycles. The second-order valence-electron chi connectivity index (χ2n) is 3.57. The van der Waals surface area contributed by atoms with Gasteiger partial charge in [0.25, 0.3) is 5.56 Å². The molecule has 0 bridgehead atoms. The first-order valence-electron chi connectivity index (χ1n) is 4.69. The number of hydrogen-bond donors (Lipinski definition) is 2. The van der Waals surface area contributed by atoms with Gasteiger partial charge in [-0.25, -0.2) is 9.59 Å². The van der Waals surface area contributed by atoms with Gasteiger partial charge in [-0.05, 0) is 19.3 Å². The number of rotatable bonds is 2. The van der Waals surface area contributed by atoms with E-state index in [4.69, 9.17) is 5.11 Å². The highest BCUT2D eigenvalue weighted by atomic mass is 16.4. The van der Waals surface area contributed by atoms with Crippen molar-refractivity contribution in [2.24, 2.45) is 0 Å². The number of H-pyrrole nitrogens is 1. The van der Waals surface area contributed by atoms with Crippen molar-refractivity contribution in [3.63, 3.8) is 0 Å².